The van der Waals surface area contributed by atoms with E-state index in [0.29, 0.717) is 19.5 Å². The Kier molecular flexibility index (Phi) is 3.88. The van der Waals surface area contributed by atoms with Crippen LogP contribution in [0.4, 0.5) is 8.78 Å². The second-order valence-electron chi connectivity index (χ2n) is 5.75. The fourth-order valence-electron chi connectivity index (χ4n) is 2.33. The highest BCUT2D eigenvalue weighted by molar-refractivity contribution is 7.89. The van der Waals surface area contributed by atoms with E-state index in [4.69, 9.17) is 5.11 Å². The Labute approximate surface area is 117 Å². The van der Waals surface area contributed by atoms with Crippen molar-refractivity contribution in [3.05, 3.63) is 29.3 Å². The SMILES string of the molecule is CC1(C)CCN(S(=O)(=O)c2ccc(F)c(CO)c2F)C1. The number of hydrogen-bond acceptors (Lipinski definition) is 3. The van der Waals surface area contributed by atoms with Crippen LogP contribution in [0.1, 0.15) is 25.8 Å². The molecule has 0 aliphatic carbocycles. The summed E-state index contributed by atoms with van der Waals surface area (Å²) in [7, 11) is -4.01. The molecule has 0 saturated carbocycles. The van der Waals surface area contributed by atoms with Gasteiger partial charge in [-0.3, -0.25) is 0 Å². The molecule has 1 aliphatic heterocycles. The zero-order valence-electron chi connectivity index (χ0n) is 11.4. The molecule has 0 radical (unpaired) electrons. The average Bonchev–Trinajstić information content (AvgIpc) is 2.70. The third-order valence-electron chi connectivity index (χ3n) is 3.57. The molecule has 1 heterocycles. The van der Waals surface area contributed by atoms with E-state index in [0.717, 1.165) is 12.1 Å². The van der Waals surface area contributed by atoms with Crippen LogP contribution in [0.3, 0.4) is 0 Å². The number of nitrogens with zero attached hydrogens (tertiary/aromatic N) is 1. The molecule has 7 heteroatoms. The van der Waals surface area contributed by atoms with Crippen molar-refractivity contribution >= 4 is 10.0 Å². The summed E-state index contributed by atoms with van der Waals surface area (Å²) in [5.74, 6) is -2.16. The molecule has 1 aromatic carbocycles. The van der Waals surface area contributed by atoms with Gasteiger partial charge in [0.2, 0.25) is 10.0 Å². The lowest BCUT2D eigenvalue weighted by Gasteiger charge is -2.20. The van der Waals surface area contributed by atoms with E-state index in [1.807, 2.05) is 13.8 Å². The van der Waals surface area contributed by atoms with Gasteiger partial charge in [0, 0.05) is 13.1 Å². The van der Waals surface area contributed by atoms with Gasteiger partial charge in [-0.15, -0.1) is 0 Å². The Morgan fingerprint density at radius 3 is 2.50 bits per heavy atom. The zero-order valence-corrected chi connectivity index (χ0v) is 12.2. The van der Waals surface area contributed by atoms with E-state index < -0.39 is 38.7 Å². The molecular weight excluding hydrogens is 288 g/mol. The van der Waals surface area contributed by atoms with Gasteiger partial charge in [0.05, 0.1) is 12.2 Å². The summed E-state index contributed by atoms with van der Waals surface area (Å²) < 4.78 is 53.4. The molecule has 1 aromatic rings. The Hall–Kier alpha value is -1.05. The van der Waals surface area contributed by atoms with Crippen molar-refractivity contribution in [3.8, 4) is 0 Å². The Bertz CT molecular complexity index is 629. The number of aliphatic hydroxyl groups is 1. The van der Waals surface area contributed by atoms with Gasteiger partial charge < -0.3 is 5.11 Å². The van der Waals surface area contributed by atoms with Crippen LogP contribution in [-0.4, -0.2) is 30.9 Å². The summed E-state index contributed by atoms with van der Waals surface area (Å²) >= 11 is 0. The smallest absolute Gasteiger partial charge is 0.246 e. The highest BCUT2D eigenvalue weighted by Crippen LogP contribution is 2.34. The second kappa shape index (κ2) is 5.05. The maximum atomic E-state index is 14.1. The molecule has 1 N–H and O–H groups in total. The van der Waals surface area contributed by atoms with Crippen LogP contribution >= 0.6 is 0 Å². The van der Waals surface area contributed by atoms with Crippen LogP contribution in [-0.2, 0) is 16.6 Å². The van der Waals surface area contributed by atoms with Crippen molar-refractivity contribution in [1.82, 2.24) is 4.31 Å². The van der Waals surface area contributed by atoms with Crippen LogP contribution in [0, 0.1) is 17.0 Å². The van der Waals surface area contributed by atoms with Crippen molar-refractivity contribution in [1.29, 1.82) is 0 Å². The third kappa shape index (κ3) is 2.57. The van der Waals surface area contributed by atoms with Crippen molar-refractivity contribution in [2.45, 2.75) is 31.8 Å². The highest BCUT2D eigenvalue weighted by atomic mass is 32.2. The average molecular weight is 305 g/mol. The van der Waals surface area contributed by atoms with Gasteiger partial charge in [-0.05, 0) is 24.0 Å². The maximum absolute atomic E-state index is 14.1. The fourth-order valence-corrected chi connectivity index (χ4v) is 4.05. The van der Waals surface area contributed by atoms with E-state index in [-0.39, 0.29) is 5.41 Å². The normalized spacial score (nSPS) is 19.4. The molecule has 0 unspecified atom stereocenters. The minimum Gasteiger partial charge on any atom is -0.391 e. The largest absolute Gasteiger partial charge is 0.391 e. The minimum atomic E-state index is -4.01. The van der Waals surface area contributed by atoms with E-state index in [1.165, 1.54) is 4.31 Å². The van der Waals surface area contributed by atoms with Gasteiger partial charge in [0.1, 0.15) is 10.7 Å². The van der Waals surface area contributed by atoms with Gasteiger partial charge >= 0.3 is 0 Å². The Balaban J connectivity index is 2.46. The van der Waals surface area contributed by atoms with Crippen molar-refractivity contribution < 1.29 is 22.3 Å². The first-order valence-electron chi connectivity index (χ1n) is 6.27. The molecule has 0 aromatic heterocycles. The number of aliphatic hydroxyl groups excluding tert-OH is 1. The quantitative estimate of drug-likeness (QED) is 0.927. The molecule has 0 atom stereocenters. The summed E-state index contributed by atoms with van der Waals surface area (Å²) in [6.45, 7) is 3.58. The van der Waals surface area contributed by atoms with E-state index in [9.17, 15) is 17.2 Å². The van der Waals surface area contributed by atoms with Crippen LogP contribution < -0.4 is 0 Å². The lowest BCUT2D eigenvalue weighted by Crippen LogP contribution is -2.31. The molecule has 0 bridgehead atoms. The topological polar surface area (TPSA) is 57.6 Å². The minimum absolute atomic E-state index is 0.163. The van der Waals surface area contributed by atoms with Gasteiger partial charge in [0.25, 0.3) is 0 Å². The fraction of sp³-hybridized carbons (Fsp3) is 0.538. The molecular formula is C13H17F2NO3S. The first-order chi connectivity index (χ1) is 9.19. The first-order valence-corrected chi connectivity index (χ1v) is 7.71. The highest BCUT2D eigenvalue weighted by Gasteiger charge is 2.38. The lowest BCUT2D eigenvalue weighted by molar-refractivity contribution is 0.267. The maximum Gasteiger partial charge on any atom is 0.246 e. The molecule has 1 aliphatic rings. The van der Waals surface area contributed by atoms with Crippen LogP contribution in [0.15, 0.2) is 17.0 Å². The summed E-state index contributed by atoms with van der Waals surface area (Å²) in [6, 6.07) is 1.77. The predicted molar refractivity (Wildman–Crippen MR) is 69.4 cm³/mol. The standard InChI is InChI=1S/C13H17F2NO3S/c1-13(2)5-6-16(8-13)20(18,19)11-4-3-10(14)9(7-17)12(11)15/h3-4,17H,5-8H2,1-2H3. The number of rotatable bonds is 3. The van der Waals surface area contributed by atoms with Gasteiger partial charge in [0.15, 0.2) is 5.82 Å². The van der Waals surface area contributed by atoms with Crippen molar-refractivity contribution in [2.75, 3.05) is 13.1 Å². The van der Waals surface area contributed by atoms with Crippen molar-refractivity contribution in [2.24, 2.45) is 5.41 Å². The molecule has 4 nitrogen and oxygen atoms in total. The van der Waals surface area contributed by atoms with Crippen LogP contribution in [0.2, 0.25) is 0 Å². The molecule has 1 saturated heterocycles. The van der Waals surface area contributed by atoms with Crippen LogP contribution in [0.25, 0.3) is 0 Å². The summed E-state index contributed by atoms with van der Waals surface area (Å²) in [5.41, 5.74) is -0.784. The molecule has 20 heavy (non-hydrogen) atoms. The van der Waals surface area contributed by atoms with E-state index in [2.05, 4.69) is 0 Å². The number of halogens is 2. The molecule has 112 valence electrons. The summed E-state index contributed by atoms with van der Waals surface area (Å²) in [5, 5.41) is 8.95. The molecule has 1 fully saturated rings. The predicted octanol–water partition coefficient (Wildman–Crippen LogP) is 1.88. The first kappa shape index (κ1) is 15.3. The molecule has 0 amide bonds. The molecule has 0 spiro atoms. The Morgan fingerprint density at radius 1 is 1.35 bits per heavy atom. The van der Waals surface area contributed by atoms with Crippen LogP contribution in [0.5, 0.6) is 0 Å². The second-order valence-corrected chi connectivity index (χ2v) is 7.66. The number of hydrogen-bond donors (Lipinski definition) is 1. The lowest BCUT2D eigenvalue weighted by atomic mass is 9.93. The number of benzene rings is 1. The zero-order chi connectivity index (χ0) is 15.1. The van der Waals surface area contributed by atoms with Gasteiger partial charge in [-0.25, -0.2) is 17.2 Å². The summed E-state index contributed by atoms with van der Waals surface area (Å²) in [4.78, 5) is -0.583. The van der Waals surface area contributed by atoms with E-state index in [1.54, 1.807) is 0 Å². The Morgan fingerprint density at radius 2 is 2.00 bits per heavy atom. The van der Waals surface area contributed by atoms with Gasteiger partial charge in [-0.1, -0.05) is 13.8 Å². The molecule has 2 rings (SSSR count). The monoisotopic (exact) mass is 305 g/mol. The summed E-state index contributed by atoms with van der Waals surface area (Å²) in [6.07, 6.45) is 0.682. The van der Waals surface area contributed by atoms with E-state index >= 15 is 0 Å². The van der Waals surface area contributed by atoms with Gasteiger partial charge in [-0.2, -0.15) is 4.31 Å². The number of sulfonamides is 1. The van der Waals surface area contributed by atoms with Crippen molar-refractivity contribution in [3.63, 3.8) is 0 Å². The third-order valence-corrected chi connectivity index (χ3v) is 5.43.